The highest BCUT2D eigenvalue weighted by Gasteiger charge is 2.27. The molecule has 0 aliphatic carbocycles. The molecule has 9 heteroatoms. The minimum absolute atomic E-state index is 0.0133. The second-order valence-electron chi connectivity index (χ2n) is 5.47. The topological polar surface area (TPSA) is 38.0 Å². The van der Waals surface area contributed by atoms with Gasteiger partial charge in [0.05, 0.1) is 17.1 Å². The van der Waals surface area contributed by atoms with Gasteiger partial charge in [-0.3, -0.25) is 4.57 Å². The van der Waals surface area contributed by atoms with E-state index in [2.05, 4.69) is 36.8 Å². The van der Waals surface area contributed by atoms with Gasteiger partial charge >= 0.3 is 0 Å². The van der Waals surface area contributed by atoms with Gasteiger partial charge in [-0.15, -0.1) is 0 Å². The van der Waals surface area contributed by atoms with Crippen molar-refractivity contribution < 1.29 is 18.3 Å². The van der Waals surface area contributed by atoms with E-state index in [0.29, 0.717) is 5.69 Å². The Kier molecular flexibility index (Phi) is 5.48. The first-order valence-electron chi connectivity index (χ1n) is 7.23. The van der Waals surface area contributed by atoms with Crippen LogP contribution in [0, 0.1) is 24.4 Å². The molecular formula is C17H10Br2ClF3N2O. The molecule has 0 saturated carbocycles. The standard InChI is InChI=1S/C17H10Br2ClF3N2O/c1-7-14(16(26)10-3-2-8(21)5-12(10)20)25(17(19)24-7)15-11(18)4-9(22)6-13(15)23/h2-6,16,26H,1H3. The second-order valence-corrected chi connectivity index (χ2v) is 7.44. The maximum atomic E-state index is 14.5. The monoisotopic (exact) mass is 508 g/mol. The van der Waals surface area contributed by atoms with Gasteiger partial charge in [0.1, 0.15) is 17.7 Å². The quantitative estimate of drug-likeness (QED) is 0.480. The molecule has 0 amide bonds. The largest absolute Gasteiger partial charge is 0.382 e. The summed E-state index contributed by atoms with van der Waals surface area (Å²) in [5.74, 6) is -2.16. The van der Waals surface area contributed by atoms with Crippen molar-refractivity contribution in [2.75, 3.05) is 0 Å². The van der Waals surface area contributed by atoms with Gasteiger partial charge in [-0.05, 0) is 57.0 Å². The summed E-state index contributed by atoms with van der Waals surface area (Å²) in [4.78, 5) is 4.21. The number of hydrogen-bond acceptors (Lipinski definition) is 2. The van der Waals surface area contributed by atoms with Crippen LogP contribution in [-0.2, 0) is 0 Å². The normalized spacial score (nSPS) is 12.5. The number of imidazole rings is 1. The van der Waals surface area contributed by atoms with Gasteiger partial charge in [-0.2, -0.15) is 0 Å². The molecule has 26 heavy (non-hydrogen) atoms. The molecular weight excluding hydrogens is 500 g/mol. The summed E-state index contributed by atoms with van der Waals surface area (Å²) in [5, 5.41) is 10.8. The first-order valence-corrected chi connectivity index (χ1v) is 9.19. The zero-order valence-electron chi connectivity index (χ0n) is 13.1. The molecule has 2 aromatic carbocycles. The molecule has 1 unspecified atom stereocenters. The van der Waals surface area contributed by atoms with E-state index in [9.17, 15) is 18.3 Å². The van der Waals surface area contributed by atoms with E-state index in [0.717, 1.165) is 24.3 Å². The Bertz CT molecular complexity index is 987. The summed E-state index contributed by atoms with van der Waals surface area (Å²) in [6.45, 7) is 1.62. The Hall–Kier alpha value is -1.35. The van der Waals surface area contributed by atoms with E-state index < -0.39 is 23.6 Å². The molecule has 1 heterocycles. The summed E-state index contributed by atoms with van der Waals surface area (Å²) in [7, 11) is 0. The van der Waals surface area contributed by atoms with E-state index >= 15 is 0 Å². The fourth-order valence-corrected chi connectivity index (χ4v) is 4.15. The number of aromatic nitrogens is 2. The fraction of sp³-hybridized carbons (Fsp3) is 0.118. The SMILES string of the molecule is Cc1nc(Br)n(-c2c(F)cc(F)cc2Br)c1C(O)c1ccc(F)cc1Cl. The average Bonchev–Trinajstić information content (AvgIpc) is 2.80. The average molecular weight is 511 g/mol. The van der Waals surface area contributed by atoms with E-state index in [4.69, 9.17) is 11.6 Å². The highest BCUT2D eigenvalue weighted by Crippen LogP contribution is 2.37. The molecule has 136 valence electrons. The van der Waals surface area contributed by atoms with E-state index in [1.807, 2.05) is 0 Å². The van der Waals surface area contributed by atoms with Crippen LogP contribution in [0.15, 0.2) is 39.5 Å². The number of aliphatic hydroxyl groups excluding tert-OH is 1. The minimum atomic E-state index is -1.32. The van der Waals surface area contributed by atoms with Gasteiger partial charge < -0.3 is 5.11 Å². The molecule has 0 radical (unpaired) electrons. The lowest BCUT2D eigenvalue weighted by molar-refractivity contribution is 0.212. The Morgan fingerprint density at radius 1 is 1.12 bits per heavy atom. The number of benzene rings is 2. The minimum Gasteiger partial charge on any atom is -0.382 e. The van der Waals surface area contributed by atoms with Crippen LogP contribution in [0.1, 0.15) is 23.1 Å². The highest BCUT2D eigenvalue weighted by atomic mass is 79.9. The molecule has 0 bridgehead atoms. The van der Waals surface area contributed by atoms with Crippen LogP contribution < -0.4 is 0 Å². The number of aliphatic hydroxyl groups is 1. The zero-order valence-corrected chi connectivity index (χ0v) is 17.0. The van der Waals surface area contributed by atoms with Crippen LogP contribution in [0.4, 0.5) is 13.2 Å². The van der Waals surface area contributed by atoms with Crippen molar-refractivity contribution in [1.29, 1.82) is 0 Å². The predicted octanol–water partition coefficient (Wildman–Crippen LogP) is 5.86. The van der Waals surface area contributed by atoms with Crippen molar-refractivity contribution >= 4 is 43.5 Å². The van der Waals surface area contributed by atoms with Gasteiger partial charge in [0.15, 0.2) is 10.6 Å². The molecule has 1 atom stereocenters. The van der Waals surface area contributed by atoms with Crippen molar-refractivity contribution in [3.05, 3.63) is 79.0 Å². The summed E-state index contributed by atoms with van der Waals surface area (Å²) in [6.07, 6.45) is -1.32. The zero-order chi connectivity index (χ0) is 19.2. The number of nitrogens with zero attached hydrogens (tertiary/aromatic N) is 2. The lowest BCUT2D eigenvalue weighted by Gasteiger charge is -2.18. The molecule has 0 saturated heterocycles. The second kappa shape index (κ2) is 7.34. The van der Waals surface area contributed by atoms with Crippen molar-refractivity contribution in [2.45, 2.75) is 13.0 Å². The summed E-state index contributed by atoms with van der Waals surface area (Å²) in [5.41, 5.74) is 0.784. The number of aryl methyl sites for hydroxylation is 1. The Morgan fingerprint density at radius 3 is 2.42 bits per heavy atom. The third kappa shape index (κ3) is 3.43. The Labute approximate surface area is 168 Å². The first kappa shape index (κ1) is 19.4. The lowest BCUT2D eigenvalue weighted by atomic mass is 10.0. The first-order chi connectivity index (χ1) is 12.2. The molecule has 3 aromatic rings. The van der Waals surface area contributed by atoms with Crippen LogP contribution in [0.25, 0.3) is 5.69 Å². The van der Waals surface area contributed by atoms with Crippen LogP contribution in [0.2, 0.25) is 5.02 Å². The van der Waals surface area contributed by atoms with Crippen LogP contribution in [-0.4, -0.2) is 14.7 Å². The predicted molar refractivity (Wildman–Crippen MR) is 99.1 cm³/mol. The van der Waals surface area contributed by atoms with Crippen molar-refractivity contribution in [2.24, 2.45) is 0 Å². The highest BCUT2D eigenvalue weighted by molar-refractivity contribution is 9.10. The molecule has 3 rings (SSSR count). The third-order valence-corrected chi connectivity index (χ3v) is 5.24. The van der Waals surface area contributed by atoms with Crippen molar-refractivity contribution in [3.63, 3.8) is 0 Å². The van der Waals surface area contributed by atoms with Gasteiger partial charge in [0.2, 0.25) is 0 Å². The number of rotatable bonds is 3. The van der Waals surface area contributed by atoms with Crippen LogP contribution >= 0.6 is 43.5 Å². The van der Waals surface area contributed by atoms with Crippen molar-refractivity contribution in [1.82, 2.24) is 9.55 Å². The molecule has 3 nitrogen and oxygen atoms in total. The van der Waals surface area contributed by atoms with Gasteiger partial charge in [0, 0.05) is 21.1 Å². The molecule has 0 aliphatic rings. The lowest BCUT2D eigenvalue weighted by Crippen LogP contribution is -2.11. The molecule has 0 fully saturated rings. The van der Waals surface area contributed by atoms with Crippen LogP contribution in [0.3, 0.4) is 0 Å². The molecule has 0 aliphatic heterocycles. The Morgan fingerprint density at radius 2 is 1.81 bits per heavy atom. The maximum Gasteiger partial charge on any atom is 0.182 e. The Balaban J connectivity index is 2.25. The summed E-state index contributed by atoms with van der Waals surface area (Å²) < 4.78 is 42.8. The summed E-state index contributed by atoms with van der Waals surface area (Å²) in [6, 6.07) is 5.39. The fourth-order valence-electron chi connectivity index (χ4n) is 2.66. The molecule has 1 aromatic heterocycles. The van der Waals surface area contributed by atoms with Crippen LogP contribution in [0.5, 0.6) is 0 Å². The van der Waals surface area contributed by atoms with E-state index in [1.54, 1.807) is 6.92 Å². The van der Waals surface area contributed by atoms with Gasteiger partial charge in [0.25, 0.3) is 0 Å². The molecule has 1 N–H and O–H groups in total. The molecule has 0 spiro atoms. The van der Waals surface area contributed by atoms with E-state index in [1.165, 1.54) is 10.6 Å². The number of halogens is 6. The third-order valence-electron chi connectivity index (χ3n) is 3.78. The summed E-state index contributed by atoms with van der Waals surface area (Å²) >= 11 is 12.4. The van der Waals surface area contributed by atoms with Crippen molar-refractivity contribution in [3.8, 4) is 5.69 Å². The van der Waals surface area contributed by atoms with E-state index in [-0.39, 0.29) is 31.2 Å². The van der Waals surface area contributed by atoms with Gasteiger partial charge in [-0.25, -0.2) is 18.2 Å². The maximum absolute atomic E-state index is 14.5. The number of hydrogen-bond donors (Lipinski definition) is 1. The van der Waals surface area contributed by atoms with Gasteiger partial charge in [-0.1, -0.05) is 17.7 Å². The smallest absolute Gasteiger partial charge is 0.182 e.